The lowest BCUT2D eigenvalue weighted by atomic mass is 9.82. The molecule has 0 aromatic carbocycles. The van der Waals surface area contributed by atoms with Crippen molar-refractivity contribution in [2.75, 3.05) is 0 Å². The van der Waals surface area contributed by atoms with Crippen molar-refractivity contribution < 1.29 is 38.2 Å². The predicted molar refractivity (Wildman–Crippen MR) is 100 cm³/mol. The van der Waals surface area contributed by atoms with Gasteiger partial charge in [0.15, 0.2) is 0 Å². The largest absolute Gasteiger partial charge is 0.461 e. The Hall–Kier alpha value is -2.96. The monoisotopic (exact) mass is 416 g/mol. The van der Waals surface area contributed by atoms with E-state index in [1.807, 2.05) is 0 Å². The van der Waals surface area contributed by atoms with Crippen LogP contribution in [-0.4, -0.2) is 56.7 Å². The summed E-state index contributed by atoms with van der Waals surface area (Å²) in [5.41, 5.74) is 17.8. The summed E-state index contributed by atoms with van der Waals surface area (Å²) in [7, 11) is 0. The lowest BCUT2D eigenvalue weighted by Gasteiger charge is -2.29. The molecule has 10 nitrogen and oxygen atoms in total. The summed E-state index contributed by atoms with van der Waals surface area (Å²) < 4.78 is 11.0. The van der Waals surface area contributed by atoms with Crippen LogP contribution in [0.15, 0.2) is 0 Å². The molecule has 0 aromatic heterocycles. The number of Topliss-reactive ketones (excluding diaryl/α,β-unsaturated/α-hetero) is 2. The molecule has 2 unspecified atom stereocenters. The van der Waals surface area contributed by atoms with E-state index in [2.05, 4.69) is 9.58 Å². The number of ketones is 2. The number of hydrogen-bond acceptors (Lipinski definition) is 6. The van der Waals surface area contributed by atoms with Gasteiger partial charge in [-0.15, -0.1) is 0 Å². The molecule has 3 aliphatic rings. The second kappa shape index (κ2) is 9.69. The molecular formula is C20H24N4O6. The molecule has 0 spiro atoms. The zero-order valence-electron chi connectivity index (χ0n) is 16.6. The Morgan fingerprint density at radius 3 is 1.40 bits per heavy atom. The van der Waals surface area contributed by atoms with Crippen LogP contribution < -0.4 is 0 Å². The van der Waals surface area contributed by atoms with Gasteiger partial charge < -0.3 is 20.5 Å². The van der Waals surface area contributed by atoms with E-state index in [1.54, 1.807) is 0 Å². The average Bonchev–Trinajstić information content (AvgIpc) is 2.76. The second-order valence-electron chi connectivity index (χ2n) is 8.09. The first-order valence-electron chi connectivity index (χ1n) is 10.3. The summed E-state index contributed by atoms with van der Waals surface area (Å²) in [5.74, 6) is -1.81. The van der Waals surface area contributed by atoms with Gasteiger partial charge in [-0.3, -0.25) is 19.2 Å². The van der Waals surface area contributed by atoms with E-state index >= 15 is 0 Å². The van der Waals surface area contributed by atoms with Crippen LogP contribution in [0.4, 0.5) is 0 Å². The van der Waals surface area contributed by atoms with Gasteiger partial charge in [-0.2, -0.15) is 9.58 Å². The molecule has 3 rings (SSSR count). The molecule has 0 N–H and O–H groups in total. The molecule has 3 saturated carbocycles. The molecule has 0 bridgehead atoms. The molecule has 0 amide bonds. The van der Waals surface area contributed by atoms with Crippen molar-refractivity contribution >= 4 is 34.9 Å². The van der Waals surface area contributed by atoms with Crippen molar-refractivity contribution in [1.29, 1.82) is 0 Å². The van der Waals surface area contributed by atoms with Crippen LogP contribution in [0.3, 0.4) is 0 Å². The van der Waals surface area contributed by atoms with Crippen LogP contribution in [0, 0.1) is 11.8 Å². The van der Waals surface area contributed by atoms with Crippen LogP contribution in [-0.2, 0) is 28.7 Å². The number of nitrogens with zero attached hydrogens (tertiary/aromatic N) is 4. The van der Waals surface area contributed by atoms with Gasteiger partial charge in [0.05, 0.1) is 24.7 Å². The summed E-state index contributed by atoms with van der Waals surface area (Å²) in [6.07, 6.45) is 2.47. The quantitative estimate of drug-likeness (QED) is 0.383. The second-order valence-corrected chi connectivity index (χ2v) is 8.09. The maximum Gasteiger partial charge on any atom is 0.338 e. The molecule has 160 valence electrons. The average molecular weight is 416 g/mol. The van der Waals surface area contributed by atoms with E-state index in [1.165, 1.54) is 0 Å². The third-order valence-corrected chi connectivity index (χ3v) is 6.07. The Labute approximate surface area is 173 Å². The van der Waals surface area contributed by atoms with Gasteiger partial charge in [0.1, 0.15) is 12.2 Å². The normalized spacial score (nSPS) is 29.6. The van der Waals surface area contributed by atoms with Gasteiger partial charge in [0, 0.05) is 12.8 Å². The van der Waals surface area contributed by atoms with Crippen molar-refractivity contribution in [3.63, 3.8) is 0 Å². The molecule has 0 aromatic rings. The highest BCUT2D eigenvalue weighted by Crippen LogP contribution is 2.32. The molecule has 3 aliphatic carbocycles. The number of rotatable bonds is 4. The smallest absolute Gasteiger partial charge is 0.338 e. The Bertz CT molecular complexity index is 777. The Morgan fingerprint density at radius 2 is 1.07 bits per heavy atom. The van der Waals surface area contributed by atoms with Gasteiger partial charge in [0.2, 0.25) is 11.6 Å². The maximum atomic E-state index is 12.4. The molecule has 0 aliphatic heterocycles. The van der Waals surface area contributed by atoms with E-state index in [4.69, 9.17) is 20.5 Å². The van der Waals surface area contributed by atoms with E-state index < -0.39 is 12.2 Å². The highest BCUT2D eigenvalue weighted by atomic mass is 16.5. The first-order valence-corrected chi connectivity index (χ1v) is 10.3. The fraction of sp³-hybridized carbons (Fsp3) is 0.700. The number of ether oxygens (including phenoxy) is 2. The summed E-state index contributed by atoms with van der Waals surface area (Å²) in [4.78, 5) is 53.9. The van der Waals surface area contributed by atoms with E-state index in [0.29, 0.717) is 38.5 Å². The highest BCUT2D eigenvalue weighted by Gasteiger charge is 2.38. The minimum absolute atomic E-state index is 0.0318. The van der Waals surface area contributed by atoms with Crippen molar-refractivity contribution in [2.45, 2.75) is 76.4 Å². The molecule has 30 heavy (non-hydrogen) atoms. The third-order valence-electron chi connectivity index (χ3n) is 6.07. The van der Waals surface area contributed by atoms with Crippen LogP contribution in [0.5, 0.6) is 0 Å². The van der Waals surface area contributed by atoms with Gasteiger partial charge in [-0.1, -0.05) is 0 Å². The van der Waals surface area contributed by atoms with Crippen LogP contribution >= 0.6 is 0 Å². The van der Waals surface area contributed by atoms with Gasteiger partial charge in [-0.25, -0.2) is 0 Å². The van der Waals surface area contributed by atoms with Gasteiger partial charge >= 0.3 is 23.4 Å². The molecule has 10 heteroatoms. The first-order chi connectivity index (χ1) is 14.4. The Balaban J connectivity index is 1.44. The molecular weight excluding hydrogens is 392 g/mol. The Kier molecular flexibility index (Phi) is 7.03. The zero-order valence-corrected chi connectivity index (χ0v) is 16.6. The van der Waals surface area contributed by atoms with Crippen molar-refractivity contribution in [3.8, 4) is 0 Å². The number of hydrogen-bond donors (Lipinski definition) is 0. The van der Waals surface area contributed by atoms with Crippen LogP contribution in [0.2, 0.25) is 0 Å². The summed E-state index contributed by atoms with van der Waals surface area (Å²) in [6.45, 7) is 0. The predicted octanol–water partition coefficient (Wildman–Crippen LogP) is 1.46. The fourth-order valence-electron chi connectivity index (χ4n) is 4.22. The summed E-state index contributed by atoms with van der Waals surface area (Å²) >= 11 is 0. The highest BCUT2D eigenvalue weighted by molar-refractivity contribution is 6.38. The van der Waals surface area contributed by atoms with Crippen LogP contribution in [0.25, 0.3) is 11.1 Å². The SMILES string of the molecule is [N-]=[N+]=C1CC(OC(=O)C2CCC(C(=O)OC3CCC(=O)C(=[N+]=[N-])C3)CC2)CCC1=O. The summed E-state index contributed by atoms with van der Waals surface area (Å²) in [5, 5.41) is 0. The van der Waals surface area contributed by atoms with Crippen molar-refractivity contribution in [2.24, 2.45) is 11.8 Å². The molecule has 0 heterocycles. The van der Waals surface area contributed by atoms with Crippen molar-refractivity contribution in [3.05, 3.63) is 11.1 Å². The number of carbonyl (C=O) groups excluding carboxylic acids is 4. The Morgan fingerprint density at radius 1 is 0.700 bits per heavy atom. The topological polar surface area (TPSA) is 160 Å². The zero-order chi connectivity index (χ0) is 21.7. The van der Waals surface area contributed by atoms with Gasteiger partial charge in [-0.05, 0) is 38.5 Å². The molecule has 2 atom stereocenters. The molecule has 0 saturated heterocycles. The minimum Gasteiger partial charge on any atom is -0.461 e. The third kappa shape index (κ3) is 5.14. The standard InChI is InChI=1S/C20H24N4O6/c21-23-15-9-13(5-7-17(15)25)29-19(27)11-1-2-12(4-3-11)20(28)30-14-6-8-18(26)16(10-14)24-22/h11-14H,1-10H2. The number of carbonyl (C=O) groups is 4. The van der Waals surface area contributed by atoms with E-state index in [-0.39, 0.29) is 72.4 Å². The van der Waals surface area contributed by atoms with Crippen molar-refractivity contribution in [1.82, 2.24) is 0 Å². The molecule has 0 radical (unpaired) electrons. The van der Waals surface area contributed by atoms with Gasteiger partial charge in [0.25, 0.3) is 0 Å². The first kappa shape index (κ1) is 21.7. The van der Waals surface area contributed by atoms with E-state index in [9.17, 15) is 19.2 Å². The minimum atomic E-state index is -0.472. The lowest BCUT2D eigenvalue weighted by Crippen LogP contribution is -2.36. The molecule has 3 fully saturated rings. The maximum absolute atomic E-state index is 12.4. The summed E-state index contributed by atoms with van der Waals surface area (Å²) in [6, 6.07) is 0. The number of esters is 2. The van der Waals surface area contributed by atoms with E-state index in [0.717, 1.165) is 0 Å². The van der Waals surface area contributed by atoms with Crippen LogP contribution in [0.1, 0.15) is 64.2 Å². The fourth-order valence-corrected chi connectivity index (χ4v) is 4.22. The lowest BCUT2D eigenvalue weighted by molar-refractivity contribution is -0.162.